The molecule has 1 aromatic rings. The van der Waals surface area contributed by atoms with Crippen molar-refractivity contribution in [1.82, 2.24) is 0 Å². The van der Waals surface area contributed by atoms with E-state index >= 15 is 0 Å². The fraction of sp³-hybridized carbons (Fsp3) is 0.625. The first-order valence-corrected chi connectivity index (χ1v) is 7.35. The highest BCUT2D eigenvalue weighted by molar-refractivity contribution is 5.67. The van der Waals surface area contributed by atoms with Crippen LogP contribution in [0, 0.1) is 6.92 Å². The zero-order valence-corrected chi connectivity index (χ0v) is 12.3. The van der Waals surface area contributed by atoms with Crippen LogP contribution >= 0.6 is 0 Å². The lowest BCUT2D eigenvalue weighted by atomic mass is 9.86. The van der Waals surface area contributed by atoms with Gasteiger partial charge in [-0.3, -0.25) is 0 Å². The number of rotatable bonds is 4. The molecule has 0 radical (unpaired) electrons. The van der Waals surface area contributed by atoms with Crippen molar-refractivity contribution in [3.05, 3.63) is 23.8 Å². The number of hydrogen-bond acceptors (Lipinski definition) is 3. The van der Waals surface area contributed by atoms with Gasteiger partial charge in [-0.05, 0) is 50.3 Å². The maximum Gasteiger partial charge on any atom is 0.0696 e. The SMILES string of the molecule is CCC1(CC)CC(Nc2cc(C)ccc2N)CCO1. The lowest BCUT2D eigenvalue weighted by Gasteiger charge is -2.40. The maximum absolute atomic E-state index is 6.05. The van der Waals surface area contributed by atoms with Crippen LogP contribution in [0.3, 0.4) is 0 Å². The molecule has 3 nitrogen and oxygen atoms in total. The summed E-state index contributed by atoms with van der Waals surface area (Å²) in [5, 5.41) is 3.61. The van der Waals surface area contributed by atoms with Crippen molar-refractivity contribution in [3.63, 3.8) is 0 Å². The largest absolute Gasteiger partial charge is 0.397 e. The fourth-order valence-corrected chi connectivity index (χ4v) is 2.91. The van der Waals surface area contributed by atoms with Gasteiger partial charge in [-0.25, -0.2) is 0 Å². The average molecular weight is 262 g/mol. The summed E-state index contributed by atoms with van der Waals surface area (Å²) >= 11 is 0. The van der Waals surface area contributed by atoms with E-state index in [1.807, 2.05) is 12.1 Å². The van der Waals surface area contributed by atoms with E-state index in [1.165, 1.54) is 5.56 Å². The van der Waals surface area contributed by atoms with Crippen LogP contribution in [0.25, 0.3) is 0 Å². The van der Waals surface area contributed by atoms with Gasteiger partial charge in [-0.2, -0.15) is 0 Å². The van der Waals surface area contributed by atoms with Gasteiger partial charge in [0.05, 0.1) is 17.0 Å². The Hall–Kier alpha value is -1.22. The first-order valence-electron chi connectivity index (χ1n) is 7.35. The number of nitrogen functional groups attached to an aromatic ring is 1. The highest BCUT2D eigenvalue weighted by atomic mass is 16.5. The molecule has 1 unspecified atom stereocenters. The summed E-state index contributed by atoms with van der Waals surface area (Å²) in [6.45, 7) is 7.36. The Kier molecular flexibility index (Phi) is 4.35. The van der Waals surface area contributed by atoms with Crippen molar-refractivity contribution in [3.8, 4) is 0 Å². The smallest absolute Gasteiger partial charge is 0.0696 e. The molecule has 19 heavy (non-hydrogen) atoms. The van der Waals surface area contributed by atoms with Crippen LogP contribution < -0.4 is 11.1 Å². The molecule has 1 fully saturated rings. The van der Waals surface area contributed by atoms with Crippen molar-refractivity contribution < 1.29 is 4.74 Å². The summed E-state index contributed by atoms with van der Waals surface area (Å²) in [5.74, 6) is 0. The summed E-state index contributed by atoms with van der Waals surface area (Å²) in [7, 11) is 0. The van der Waals surface area contributed by atoms with Crippen LogP contribution in [0.15, 0.2) is 18.2 Å². The minimum absolute atomic E-state index is 0.0501. The van der Waals surface area contributed by atoms with Crippen LogP contribution in [0.1, 0.15) is 45.1 Å². The Morgan fingerprint density at radius 1 is 1.37 bits per heavy atom. The third-order valence-corrected chi connectivity index (χ3v) is 4.35. The molecule has 0 spiro atoms. The molecular formula is C16H26N2O. The average Bonchev–Trinajstić information content (AvgIpc) is 2.43. The number of hydrogen-bond donors (Lipinski definition) is 2. The van der Waals surface area contributed by atoms with Gasteiger partial charge in [-0.15, -0.1) is 0 Å². The Bertz CT molecular complexity index is 427. The van der Waals surface area contributed by atoms with E-state index in [1.54, 1.807) is 0 Å². The van der Waals surface area contributed by atoms with E-state index in [-0.39, 0.29) is 5.60 Å². The van der Waals surface area contributed by atoms with Gasteiger partial charge in [0.25, 0.3) is 0 Å². The van der Waals surface area contributed by atoms with Crippen LogP contribution in [0.2, 0.25) is 0 Å². The third-order valence-electron chi connectivity index (χ3n) is 4.35. The quantitative estimate of drug-likeness (QED) is 0.813. The molecule has 106 valence electrons. The summed E-state index contributed by atoms with van der Waals surface area (Å²) < 4.78 is 6.01. The van der Waals surface area contributed by atoms with Gasteiger partial charge < -0.3 is 15.8 Å². The molecule has 3 N–H and O–H groups in total. The molecule has 1 aliphatic heterocycles. The molecule has 1 aromatic carbocycles. The van der Waals surface area contributed by atoms with Crippen LogP contribution in [0.4, 0.5) is 11.4 Å². The Morgan fingerprint density at radius 3 is 2.79 bits per heavy atom. The number of nitrogens with two attached hydrogens (primary N) is 1. The first kappa shape index (κ1) is 14.2. The lowest BCUT2D eigenvalue weighted by molar-refractivity contribution is -0.0864. The normalized spacial score (nSPS) is 22.2. The van der Waals surface area contributed by atoms with E-state index in [9.17, 15) is 0 Å². The van der Waals surface area contributed by atoms with E-state index in [2.05, 4.69) is 32.2 Å². The molecular weight excluding hydrogens is 236 g/mol. The third kappa shape index (κ3) is 3.21. The van der Waals surface area contributed by atoms with Gasteiger partial charge in [0, 0.05) is 12.6 Å². The number of nitrogens with one attached hydrogen (secondary N) is 1. The van der Waals surface area contributed by atoms with Gasteiger partial charge >= 0.3 is 0 Å². The number of benzene rings is 1. The zero-order valence-electron chi connectivity index (χ0n) is 12.3. The molecule has 0 bridgehead atoms. The van der Waals surface area contributed by atoms with E-state index in [0.29, 0.717) is 6.04 Å². The number of anilines is 2. The summed E-state index contributed by atoms with van der Waals surface area (Å²) in [6.07, 6.45) is 4.26. The Balaban J connectivity index is 2.08. The predicted octanol–water partition coefficient (Wildman–Crippen LogP) is 3.73. The molecule has 0 amide bonds. The summed E-state index contributed by atoms with van der Waals surface area (Å²) in [6, 6.07) is 6.61. The van der Waals surface area contributed by atoms with Crippen molar-refractivity contribution in [2.45, 2.75) is 58.1 Å². The van der Waals surface area contributed by atoms with Gasteiger partial charge in [0.15, 0.2) is 0 Å². The standard InChI is InChI=1S/C16H26N2O/c1-4-16(5-2)11-13(8-9-19-16)18-15-10-12(3)6-7-14(15)17/h6-7,10,13,18H,4-5,8-9,11,17H2,1-3H3. The number of ether oxygens (including phenoxy) is 1. The minimum Gasteiger partial charge on any atom is -0.397 e. The molecule has 1 heterocycles. The van der Waals surface area contributed by atoms with E-state index < -0.39 is 0 Å². The Morgan fingerprint density at radius 2 is 2.11 bits per heavy atom. The van der Waals surface area contributed by atoms with Crippen LogP contribution in [-0.2, 0) is 4.74 Å². The van der Waals surface area contributed by atoms with Crippen molar-refractivity contribution in [2.75, 3.05) is 17.7 Å². The molecule has 1 saturated heterocycles. The van der Waals surface area contributed by atoms with Crippen molar-refractivity contribution in [1.29, 1.82) is 0 Å². The molecule has 3 heteroatoms. The highest BCUT2D eigenvalue weighted by Gasteiger charge is 2.34. The van der Waals surface area contributed by atoms with Gasteiger partial charge in [0.1, 0.15) is 0 Å². The first-order chi connectivity index (χ1) is 9.08. The molecule has 1 aliphatic rings. The second kappa shape index (κ2) is 5.83. The van der Waals surface area contributed by atoms with Crippen molar-refractivity contribution in [2.24, 2.45) is 0 Å². The van der Waals surface area contributed by atoms with E-state index in [0.717, 1.165) is 43.7 Å². The topological polar surface area (TPSA) is 47.3 Å². The van der Waals surface area contributed by atoms with Gasteiger partial charge in [-0.1, -0.05) is 19.9 Å². The summed E-state index contributed by atoms with van der Waals surface area (Å²) in [4.78, 5) is 0. The zero-order chi connectivity index (χ0) is 13.9. The molecule has 0 aromatic heterocycles. The molecule has 2 rings (SSSR count). The second-order valence-electron chi connectivity index (χ2n) is 5.66. The Labute approximate surface area is 116 Å². The van der Waals surface area contributed by atoms with Crippen LogP contribution in [-0.4, -0.2) is 18.2 Å². The lowest BCUT2D eigenvalue weighted by Crippen LogP contribution is -2.43. The highest BCUT2D eigenvalue weighted by Crippen LogP contribution is 2.33. The molecule has 0 saturated carbocycles. The fourth-order valence-electron chi connectivity index (χ4n) is 2.91. The molecule has 1 atom stereocenters. The van der Waals surface area contributed by atoms with Crippen molar-refractivity contribution >= 4 is 11.4 Å². The van der Waals surface area contributed by atoms with E-state index in [4.69, 9.17) is 10.5 Å². The second-order valence-corrected chi connectivity index (χ2v) is 5.66. The monoisotopic (exact) mass is 262 g/mol. The predicted molar refractivity (Wildman–Crippen MR) is 81.5 cm³/mol. The maximum atomic E-state index is 6.05. The molecule has 0 aliphatic carbocycles. The summed E-state index contributed by atoms with van der Waals surface area (Å²) in [5.41, 5.74) is 9.22. The van der Waals surface area contributed by atoms with Gasteiger partial charge in [0.2, 0.25) is 0 Å². The minimum atomic E-state index is 0.0501. The number of aryl methyl sites for hydroxylation is 1. The van der Waals surface area contributed by atoms with Crippen LogP contribution in [0.5, 0.6) is 0 Å².